The van der Waals surface area contributed by atoms with E-state index in [-0.39, 0.29) is 34.0 Å². The molecule has 0 aliphatic carbocycles. The second-order valence-electron chi connectivity index (χ2n) is 8.82. The Kier molecular flexibility index (Phi) is 9.48. The summed E-state index contributed by atoms with van der Waals surface area (Å²) in [6.45, 7) is 0. The molecule has 0 saturated carbocycles. The van der Waals surface area contributed by atoms with Crippen molar-refractivity contribution < 1.29 is 39.6 Å². The summed E-state index contributed by atoms with van der Waals surface area (Å²) in [7, 11) is 0. The van der Waals surface area contributed by atoms with E-state index in [2.05, 4.69) is 31.1 Å². The summed E-state index contributed by atoms with van der Waals surface area (Å²) in [5.74, 6) is -4.48. The molecule has 14 nitrogen and oxygen atoms in total. The zero-order valence-corrected chi connectivity index (χ0v) is 22.4. The minimum Gasteiger partial charge on any atom is -0.507 e. The maximum Gasteiger partial charge on any atom is 0.339 e. The number of azo groups is 2. The van der Waals surface area contributed by atoms with Crippen molar-refractivity contribution >= 4 is 57.9 Å². The smallest absolute Gasteiger partial charge is 0.339 e. The van der Waals surface area contributed by atoms with Crippen molar-refractivity contribution in [3.05, 3.63) is 108 Å². The van der Waals surface area contributed by atoms with Gasteiger partial charge in [-0.1, -0.05) is 0 Å². The number of phenols is 2. The minimum atomic E-state index is -1.30. The van der Waals surface area contributed by atoms with Crippen LogP contribution in [0.3, 0.4) is 0 Å². The number of carboxylic acids is 2. The number of carbonyl (C=O) groups is 4. The number of aromatic hydroxyl groups is 2. The van der Waals surface area contributed by atoms with Crippen molar-refractivity contribution in [2.45, 2.75) is 0 Å². The van der Waals surface area contributed by atoms with Gasteiger partial charge < -0.3 is 31.1 Å². The SMILES string of the molecule is O=C(/C=C/C(=O)Nc1ccc(N=Nc2ccc(O)c(C(=O)O)c2)cc1)Nc1ccc(N=Nc2ccc(O)c(C(=O)O)c2)cc1. The van der Waals surface area contributed by atoms with Gasteiger partial charge in [-0.2, -0.15) is 20.5 Å². The number of carbonyl (C=O) groups excluding carboxylic acids is 2. The Balaban J connectivity index is 1.27. The predicted molar refractivity (Wildman–Crippen MR) is 158 cm³/mol. The van der Waals surface area contributed by atoms with Crippen molar-refractivity contribution in [2.75, 3.05) is 10.6 Å². The molecule has 0 fully saturated rings. The highest BCUT2D eigenvalue weighted by atomic mass is 16.4. The number of hydrogen-bond acceptors (Lipinski definition) is 10. The van der Waals surface area contributed by atoms with Crippen molar-refractivity contribution in [1.29, 1.82) is 0 Å². The van der Waals surface area contributed by atoms with E-state index >= 15 is 0 Å². The summed E-state index contributed by atoms with van der Waals surface area (Å²) in [5.41, 5.74) is 1.54. The average molecular weight is 595 g/mol. The largest absolute Gasteiger partial charge is 0.507 e. The first-order valence-corrected chi connectivity index (χ1v) is 12.5. The van der Waals surface area contributed by atoms with E-state index in [0.29, 0.717) is 22.7 Å². The molecule has 0 aromatic heterocycles. The molecule has 6 N–H and O–H groups in total. The minimum absolute atomic E-state index is 0.227. The highest BCUT2D eigenvalue weighted by Gasteiger charge is 2.11. The van der Waals surface area contributed by atoms with Crippen molar-refractivity contribution in [2.24, 2.45) is 20.5 Å². The lowest BCUT2D eigenvalue weighted by Crippen LogP contribution is -2.11. The molecule has 44 heavy (non-hydrogen) atoms. The molecule has 2 amide bonds. The van der Waals surface area contributed by atoms with Crippen LogP contribution in [0.25, 0.3) is 0 Å². The predicted octanol–water partition coefficient (Wildman–Crippen LogP) is 6.46. The second-order valence-corrected chi connectivity index (χ2v) is 8.82. The lowest BCUT2D eigenvalue weighted by molar-refractivity contribution is -0.114. The zero-order chi connectivity index (χ0) is 31.6. The first-order valence-electron chi connectivity index (χ1n) is 12.5. The standard InChI is InChI=1S/C30H22N6O8/c37-25-11-9-21(15-23(25)29(41)42)35-33-19-5-1-17(2-6-19)31-27(39)13-14-28(40)32-18-3-7-20(8-4-18)34-36-22-10-12-26(38)24(16-22)30(43)44/h1-16,37-38H,(H,31,39)(H,32,40)(H,41,42)(H,43,44)/b14-13+,35-33?,36-34?. The first-order chi connectivity index (χ1) is 21.1. The molecular formula is C30H22N6O8. The number of nitrogens with zero attached hydrogens (tertiary/aromatic N) is 4. The third-order valence-corrected chi connectivity index (χ3v) is 5.64. The van der Waals surface area contributed by atoms with Gasteiger partial charge in [0.2, 0.25) is 11.8 Å². The summed E-state index contributed by atoms with van der Waals surface area (Å²) < 4.78 is 0. The number of anilines is 2. The Morgan fingerprint density at radius 2 is 0.818 bits per heavy atom. The average Bonchev–Trinajstić information content (AvgIpc) is 3.00. The van der Waals surface area contributed by atoms with Crippen LogP contribution in [0.5, 0.6) is 11.5 Å². The number of rotatable bonds is 10. The maximum atomic E-state index is 12.2. The summed E-state index contributed by atoms with van der Waals surface area (Å²) in [6, 6.07) is 20.1. The van der Waals surface area contributed by atoms with Crippen LogP contribution in [0, 0.1) is 0 Å². The quantitative estimate of drug-likeness (QED) is 0.0880. The van der Waals surface area contributed by atoms with Gasteiger partial charge in [0, 0.05) is 23.5 Å². The van der Waals surface area contributed by atoms with Gasteiger partial charge in [0.05, 0.1) is 22.7 Å². The Hall–Kier alpha value is -6.70. The van der Waals surface area contributed by atoms with E-state index in [1.165, 1.54) is 36.4 Å². The molecule has 4 aromatic rings. The van der Waals surface area contributed by atoms with E-state index in [1.807, 2.05) is 0 Å². The molecule has 0 saturated heterocycles. The Morgan fingerprint density at radius 1 is 0.500 bits per heavy atom. The second kappa shape index (κ2) is 13.8. The highest BCUT2D eigenvalue weighted by Crippen LogP contribution is 2.27. The fraction of sp³-hybridized carbons (Fsp3) is 0. The number of aromatic carboxylic acids is 2. The van der Waals surface area contributed by atoms with Crippen LogP contribution in [0.2, 0.25) is 0 Å². The molecule has 4 aromatic carbocycles. The van der Waals surface area contributed by atoms with Gasteiger partial charge >= 0.3 is 11.9 Å². The number of benzene rings is 4. The Labute approximate surface area is 248 Å². The third-order valence-electron chi connectivity index (χ3n) is 5.64. The van der Waals surface area contributed by atoms with Gasteiger partial charge in [-0.25, -0.2) is 9.59 Å². The monoisotopic (exact) mass is 594 g/mol. The van der Waals surface area contributed by atoms with Gasteiger partial charge in [0.25, 0.3) is 0 Å². The molecule has 14 heteroatoms. The van der Waals surface area contributed by atoms with Crippen LogP contribution in [0.1, 0.15) is 20.7 Å². The van der Waals surface area contributed by atoms with Crippen LogP contribution in [-0.2, 0) is 9.59 Å². The maximum absolute atomic E-state index is 12.2. The molecule has 0 atom stereocenters. The lowest BCUT2D eigenvalue weighted by Gasteiger charge is -2.04. The molecule has 0 radical (unpaired) electrons. The molecule has 220 valence electrons. The van der Waals surface area contributed by atoms with E-state index in [0.717, 1.165) is 12.2 Å². The lowest BCUT2D eigenvalue weighted by atomic mass is 10.2. The molecule has 4 rings (SSSR count). The number of amides is 2. The van der Waals surface area contributed by atoms with Crippen LogP contribution < -0.4 is 10.6 Å². The molecule has 0 bridgehead atoms. The third kappa shape index (κ3) is 8.40. The van der Waals surface area contributed by atoms with Gasteiger partial charge in [-0.15, -0.1) is 0 Å². The number of hydrogen-bond donors (Lipinski definition) is 6. The van der Waals surface area contributed by atoms with Crippen LogP contribution in [0.15, 0.2) is 118 Å². The normalized spacial score (nSPS) is 11.2. The van der Waals surface area contributed by atoms with Gasteiger partial charge in [-0.3, -0.25) is 9.59 Å². The van der Waals surface area contributed by atoms with Crippen molar-refractivity contribution in [1.82, 2.24) is 0 Å². The van der Waals surface area contributed by atoms with Gasteiger partial charge in [0.1, 0.15) is 22.6 Å². The summed E-state index contributed by atoms with van der Waals surface area (Å²) in [5, 5.41) is 58.4. The van der Waals surface area contributed by atoms with Gasteiger partial charge in [0.15, 0.2) is 0 Å². The van der Waals surface area contributed by atoms with Gasteiger partial charge in [-0.05, 0) is 84.9 Å². The molecule has 0 heterocycles. The van der Waals surface area contributed by atoms with Crippen LogP contribution >= 0.6 is 0 Å². The van der Waals surface area contributed by atoms with E-state index < -0.39 is 23.8 Å². The highest BCUT2D eigenvalue weighted by molar-refractivity contribution is 6.07. The molecule has 0 aliphatic heterocycles. The van der Waals surface area contributed by atoms with E-state index in [4.69, 9.17) is 10.2 Å². The topological polar surface area (TPSA) is 223 Å². The molecule has 0 unspecified atom stereocenters. The number of nitrogens with one attached hydrogen (secondary N) is 2. The molecule has 0 spiro atoms. The van der Waals surface area contributed by atoms with E-state index in [9.17, 15) is 29.4 Å². The van der Waals surface area contributed by atoms with Crippen molar-refractivity contribution in [3.8, 4) is 11.5 Å². The summed E-state index contributed by atoms with van der Waals surface area (Å²) in [4.78, 5) is 46.7. The number of carboxylic acid groups (broad SMARTS) is 2. The molecule has 0 aliphatic rings. The zero-order valence-electron chi connectivity index (χ0n) is 22.4. The Morgan fingerprint density at radius 3 is 1.16 bits per heavy atom. The summed E-state index contributed by atoms with van der Waals surface area (Å²) in [6.07, 6.45) is 2.11. The van der Waals surface area contributed by atoms with Crippen LogP contribution in [-0.4, -0.2) is 44.2 Å². The summed E-state index contributed by atoms with van der Waals surface area (Å²) >= 11 is 0. The Bertz CT molecular complexity index is 1680. The molecular weight excluding hydrogens is 572 g/mol. The van der Waals surface area contributed by atoms with Crippen LogP contribution in [0.4, 0.5) is 34.1 Å². The fourth-order valence-electron chi connectivity index (χ4n) is 3.49. The van der Waals surface area contributed by atoms with E-state index in [1.54, 1.807) is 48.5 Å². The first kappa shape index (κ1) is 30.3. The van der Waals surface area contributed by atoms with Crippen molar-refractivity contribution in [3.63, 3.8) is 0 Å². The fourth-order valence-corrected chi connectivity index (χ4v) is 3.49.